The first-order valence-electron chi connectivity index (χ1n) is 5.73. The molecule has 0 bridgehead atoms. The molecule has 1 heterocycles. The summed E-state index contributed by atoms with van der Waals surface area (Å²) >= 11 is 0. The van der Waals surface area contributed by atoms with Gasteiger partial charge < -0.3 is 15.4 Å². The largest absolute Gasteiger partial charge is 0.383 e. The third-order valence-electron chi connectivity index (χ3n) is 2.27. The van der Waals surface area contributed by atoms with E-state index in [0.29, 0.717) is 30.6 Å². The summed E-state index contributed by atoms with van der Waals surface area (Å²) in [7, 11) is 1.63. The number of rotatable bonds is 6. The van der Waals surface area contributed by atoms with Crippen molar-refractivity contribution in [1.82, 2.24) is 15.2 Å². The molecule has 0 saturated heterocycles. The van der Waals surface area contributed by atoms with Crippen LogP contribution in [-0.2, 0) is 4.74 Å². The Hall–Kier alpha value is -2.28. The van der Waals surface area contributed by atoms with Gasteiger partial charge >= 0.3 is 0 Å². The maximum atomic E-state index is 12.8. The number of nitrogens with zero attached hydrogens (tertiary/aromatic N) is 3. The Balaban J connectivity index is 2.00. The molecule has 6 nitrogen and oxygen atoms in total. The van der Waals surface area contributed by atoms with E-state index in [1.807, 2.05) is 0 Å². The lowest BCUT2D eigenvalue weighted by Gasteiger charge is -2.07. The first-order valence-corrected chi connectivity index (χ1v) is 5.73. The summed E-state index contributed by atoms with van der Waals surface area (Å²) in [5.41, 5.74) is 0.692. The number of halogens is 1. The van der Waals surface area contributed by atoms with Crippen molar-refractivity contribution in [1.29, 1.82) is 0 Å². The topological polar surface area (TPSA) is 72.0 Å². The third kappa shape index (κ3) is 4.14. The molecular weight excluding hydrogens is 249 g/mol. The summed E-state index contributed by atoms with van der Waals surface area (Å²) in [5.74, 6) is 0.644. The van der Waals surface area contributed by atoms with Crippen molar-refractivity contribution in [2.45, 2.75) is 0 Å². The molecule has 1 aromatic heterocycles. The highest BCUT2D eigenvalue weighted by Gasteiger charge is 2.01. The Bertz CT molecular complexity index is 520. The number of methoxy groups -OCH3 is 1. The molecule has 7 heteroatoms. The van der Waals surface area contributed by atoms with Crippen molar-refractivity contribution in [3.8, 4) is 0 Å². The van der Waals surface area contributed by atoms with Crippen LogP contribution in [0.1, 0.15) is 0 Å². The van der Waals surface area contributed by atoms with Gasteiger partial charge in [-0.1, -0.05) is 0 Å². The van der Waals surface area contributed by atoms with Crippen molar-refractivity contribution in [3.05, 3.63) is 36.3 Å². The van der Waals surface area contributed by atoms with Crippen LogP contribution < -0.4 is 10.6 Å². The van der Waals surface area contributed by atoms with Gasteiger partial charge in [0.25, 0.3) is 0 Å². The number of aromatic nitrogens is 3. The Morgan fingerprint density at radius 2 is 2.05 bits per heavy atom. The first-order chi connectivity index (χ1) is 9.28. The molecule has 0 unspecified atom stereocenters. The van der Waals surface area contributed by atoms with Crippen molar-refractivity contribution in [3.63, 3.8) is 0 Å². The van der Waals surface area contributed by atoms with E-state index in [9.17, 15) is 4.39 Å². The minimum absolute atomic E-state index is 0.292. The maximum Gasteiger partial charge on any atom is 0.249 e. The van der Waals surface area contributed by atoms with Gasteiger partial charge in [0, 0.05) is 19.3 Å². The number of hydrogen-bond acceptors (Lipinski definition) is 6. The van der Waals surface area contributed by atoms with Gasteiger partial charge in [-0.25, -0.2) is 4.39 Å². The average Bonchev–Trinajstić information content (AvgIpc) is 2.42. The number of nitrogens with one attached hydrogen (secondary N) is 2. The average molecular weight is 263 g/mol. The van der Waals surface area contributed by atoms with Crippen LogP contribution in [0.25, 0.3) is 0 Å². The number of ether oxygens (including phenoxy) is 1. The van der Waals surface area contributed by atoms with Gasteiger partial charge in [-0.15, -0.1) is 5.10 Å². The second-order valence-corrected chi connectivity index (χ2v) is 3.72. The van der Waals surface area contributed by atoms with Gasteiger partial charge in [0.05, 0.1) is 12.8 Å². The number of benzene rings is 1. The molecule has 0 aliphatic rings. The predicted molar refractivity (Wildman–Crippen MR) is 69.9 cm³/mol. The summed E-state index contributed by atoms with van der Waals surface area (Å²) in [6.45, 7) is 1.20. The summed E-state index contributed by atoms with van der Waals surface area (Å²) < 4.78 is 17.7. The van der Waals surface area contributed by atoms with Gasteiger partial charge in [-0.3, -0.25) is 0 Å². The standard InChI is InChI=1S/C12H14FN5O/c1-19-7-6-14-11-8-15-18-12(17-11)16-10-4-2-9(13)3-5-10/h2-5,8H,6-7H2,1H3,(H2,14,16,17,18). The predicted octanol–water partition coefficient (Wildman–Crippen LogP) is 1.81. The molecule has 0 amide bonds. The van der Waals surface area contributed by atoms with Crippen molar-refractivity contribution in [2.75, 3.05) is 30.9 Å². The Morgan fingerprint density at radius 3 is 2.79 bits per heavy atom. The highest BCUT2D eigenvalue weighted by Crippen LogP contribution is 2.13. The molecule has 1 aromatic carbocycles. The Kier molecular flexibility index (Phi) is 4.57. The van der Waals surface area contributed by atoms with Crippen LogP contribution in [0, 0.1) is 5.82 Å². The zero-order valence-electron chi connectivity index (χ0n) is 10.4. The molecule has 2 aromatic rings. The fourth-order valence-corrected chi connectivity index (χ4v) is 1.39. The Labute approximate surface area is 110 Å². The molecule has 100 valence electrons. The van der Waals surface area contributed by atoms with E-state index in [4.69, 9.17) is 4.74 Å². The molecule has 0 aliphatic heterocycles. The van der Waals surface area contributed by atoms with Crippen LogP contribution in [0.5, 0.6) is 0 Å². The van der Waals surface area contributed by atoms with Crippen molar-refractivity contribution < 1.29 is 9.13 Å². The van der Waals surface area contributed by atoms with Gasteiger partial charge in [-0.05, 0) is 24.3 Å². The minimum Gasteiger partial charge on any atom is -0.383 e. The molecule has 0 radical (unpaired) electrons. The zero-order valence-corrected chi connectivity index (χ0v) is 10.4. The van der Waals surface area contributed by atoms with Crippen LogP contribution in [0.4, 0.5) is 21.8 Å². The second-order valence-electron chi connectivity index (χ2n) is 3.72. The lowest BCUT2D eigenvalue weighted by atomic mass is 10.3. The molecule has 0 atom stereocenters. The maximum absolute atomic E-state index is 12.8. The third-order valence-corrected chi connectivity index (χ3v) is 2.27. The van der Waals surface area contributed by atoms with E-state index in [1.54, 1.807) is 19.2 Å². The van der Waals surface area contributed by atoms with E-state index in [0.717, 1.165) is 0 Å². The van der Waals surface area contributed by atoms with Gasteiger partial charge in [-0.2, -0.15) is 10.1 Å². The SMILES string of the molecule is COCCNc1cnnc(Nc2ccc(F)cc2)n1. The van der Waals surface area contributed by atoms with E-state index >= 15 is 0 Å². The second kappa shape index (κ2) is 6.60. The lowest BCUT2D eigenvalue weighted by molar-refractivity contribution is 0.210. The van der Waals surface area contributed by atoms with Crippen LogP contribution >= 0.6 is 0 Å². The highest BCUT2D eigenvalue weighted by molar-refractivity contribution is 5.53. The molecule has 2 rings (SSSR count). The lowest BCUT2D eigenvalue weighted by Crippen LogP contribution is -2.10. The molecule has 19 heavy (non-hydrogen) atoms. The van der Waals surface area contributed by atoms with Crippen molar-refractivity contribution >= 4 is 17.5 Å². The van der Waals surface area contributed by atoms with Crippen LogP contribution in [0.15, 0.2) is 30.5 Å². The summed E-state index contributed by atoms with van der Waals surface area (Å²) in [6.07, 6.45) is 1.52. The monoisotopic (exact) mass is 263 g/mol. The van der Waals surface area contributed by atoms with E-state index in [1.165, 1.54) is 18.3 Å². The van der Waals surface area contributed by atoms with Crippen LogP contribution in [-0.4, -0.2) is 35.4 Å². The van der Waals surface area contributed by atoms with E-state index in [-0.39, 0.29) is 5.82 Å². The van der Waals surface area contributed by atoms with Crippen molar-refractivity contribution in [2.24, 2.45) is 0 Å². The summed E-state index contributed by atoms with van der Waals surface area (Å²) in [5, 5.41) is 13.7. The quantitative estimate of drug-likeness (QED) is 0.774. The van der Waals surface area contributed by atoms with Gasteiger partial charge in [0.1, 0.15) is 5.82 Å². The summed E-state index contributed by atoms with van der Waals surface area (Å²) in [4.78, 5) is 4.22. The molecule has 0 saturated carbocycles. The first kappa shape index (κ1) is 13.2. The molecular formula is C12H14FN5O. The molecule has 0 aliphatic carbocycles. The fraction of sp³-hybridized carbons (Fsp3) is 0.250. The zero-order chi connectivity index (χ0) is 13.5. The Morgan fingerprint density at radius 1 is 1.26 bits per heavy atom. The number of anilines is 3. The smallest absolute Gasteiger partial charge is 0.249 e. The van der Waals surface area contributed by atoms with Gasteiger partial charge in [0.15, 0.2) is 5.82 Å². The van der Waals surface area contributed by atoms with Crippen LogP contribution in [0.3, 0.4) is 0 Å². The normalized spacial score (nSPS) is 10.2. The van der Waals surface area contributed by atoms with E-state index in [2.05, 4.69) is 25.8 Å². The minimum atomic E-state index is -0.292. The van der Waals surface area contributed by atoms with Gasteiger partial charge in [0.2, 0.25) is 5.95 Å². The fourth-order valence-electron chi connectivity index (χ4n) is 1.39. The highest BCUT2D eigenvalue weighted by atomic mass is 19.1. The molecule has 2 N–H and O–H groups in total. The van der Waals surface area contributed by atoms with Crippen LogP contribution in [0.2, 0.25) is 0 Å². The molecule has 0 fully saturated rings. The number of hydrogen-bond donors (Lipinski definition) is 2. The summed E-state index contributed by atoms with van der Waals surface area (Å²) in [6, 6.07) is 5.92. The molecule has 0 spiro atoms. The van der Waals surface area contributed by atoms with E-state index < -0.39 is 0 Å².